The summed E-state index contributed by atoms with van der Waals surface area (Å²) in [6.45, 7) is 10.6. The smallest absolute Gasteiger partial charge is 0.169 e. The summed E-state index contributed by atoms with van der Waals surface area (Å²) in [4.78, 5) is 2.33. The fraction of sp³-hybridized carbons (Fsp3) is 0.923. The van der Waals surface area contributed by atoms with E-state index in [1.165, 1.54) is 0 Å². The van der Waals surface area contributed by atoms with Crippen molar-refractivity contribution in [2.24, 2.45) is 10.9 Å². The molecule has 0 aliphatic carbocycles. The molecule has 2 fully saturated rings. The zero-order valence-electron chi connectivity index (χ0n) is 12.2. The molecule has 110 valence electrons. The lowest BCUT2D eigenvalue weighted by Crippen LogP contribution is -2.56. The molecule has 19 heavy (non-hydrogen) atoms. The Morgan fingerprint density at radius 2 is 2.05 bits per heavy atom. The van der Waals surface area contributed by atoms with Gasteiger partial charge in [-0.15, -0.1) is 0 Å². The van der Waals surface area contributed by atoms with Crippen LogP contribution < -0.4 is 5.73 Å². The van der Waals surface area contributed by atoms with Gasteiger partial charge in [-0.25, -0.2) is 0 Å². The molecule has 0 aromatic rings. The summed E-state index contributed by atoms with van der Waals surface area (Å²) in [7, 11) is 0. The lowest BCUT2D eigenvalue weighted by atomic mass is 9.92. The lowest BCUT2D eigenvalue weighted by molar-refractivity contribution is -0.0924. The molecule has 2 unspecified atom stereocenters. The molecule has 2 saturated heterocycles. The maximum atomic E-state index is 8.76. The minimum absolute atomic E-state index is 0.113. The van der Waals surface area contributed by atoms with Crippen molar-refractivity contribution in [3.05, 3.63) is 0 Å². The number of hydrogen-bond donors (Lipinski definition) is 2. The van der Waals surface area contributed by atoms with Crippen molar-refractivity contribution >= 4 is 5.84 Å². The van der Waals surface area contributed by atoms with E-state index < -0.39 is 0 Å². The molecular formula is C13H25N3O3. The van der Waals surface area contributed by atoms with Gasteiger partial charge in [-0.3, -0.25) is 4.90 Å². The summed E-state index contributed by atoms with van der Waals surface area (Å²) in [5, 5.41) is 11.8. The van der Waals surface area contributed by atoms with Crippen molar-refractivity contribution in [2.75, 3.05) is 19.7 Å². The summed E-state index contributed by atoms with van der Waals surface area (Å²) in [6.07, 6.45) is 0.640. The van der Waals surface area contributed by atoms with Crippen molar-refractivity contribution in [1.29, 1.82) is 0 Å². The molecule has 2 atom stereocenters. The second kappa shape index (κ2) is 4.92. The predicted octanol–water partition coefficient (Wildman–Crippen LogP) is 0.780. The Balaban J connectivity index is 2.09. The SMILES string of the molecule is CC1(C)CC(N2CCOC(C(N)=NO)C2)C(C)(C)O1. The molecule has 0 amide bonds. The van der Waals surface area contributed by atoms with E-state index >= 15 is 0 Å². The molecule has 2 aliphatic rings. The van der Waals surface area contributed by atoms with E-state index in [-0.39, 0.29) is 23.1 Å². The first-order valence-corrected chi connectivity index (χ1v) is 6.78. The van der Waals surface area contributed by atoms with Crippen LogP contribution in [0, 0.1) is 0 Å². The van der Waals surface area contributed by atoms with Crippen LogP contribution >= 0.6 is 0 Å². The van der Waals surface area contributed by atoms with Crippen molar-refractivity contribution in [2.45, 2.75) is 57.5 Å². The van der Waals surface area contributed by atoms with Crippen LogP contribution in [-0.2, 0) is 9.47 Å². The molecule has 2 heterocycles. The van der Waals surface area contributed by atoms with E-state index in [1.807, 2.05) is 0 Å². The highest BCUT2D eigenvalue weighted by molar-refractivity contribution is 5.84. The van der Waals surface area contributed by atoms with Crippen LogP contribution in [0.15, 0.2) is 5.16 Å². The highest BCUT2D eigenvalue weighted by Gasteiger charge is 2.49. The molecular weight excluding hydrogens is 246 g/mol. The quantitative estimate of drug-likeness (QED) is 0.336. The van der Waals surface area contributed by atoms with E-state index in [1.54, 1.807) is 0 Å². The van der Waals surface area contributed by atoms with Gasteiger partial charge in [-0.2, -0.15) is 0 Å². The number of amidine groups is 1. The third-order valence-corrected chi connectivity index (χ3v) is 4.01. The minimum Gasteiger partial charge on any atom is -0.409 e. The number of ether oxygens (including phenoxy) is 2. The van der Waals surface area contributed by atoms with Crippen molar-refractivity contribution in [1.82, 2.24) is 4.90 Å². The Labute approximate surface area is 114 Å². The fourth-order valence-corrected chi connectivity index (χ4v) is 3.30. The first-order chi connectivity index (χ1) is 8.75. The van der Waals surface area contributed by atoms with Gasteiger partial charge in [0, 0.05) is 19.1 Å². The van der Waals surface area contributed by atoms with E-state index in [2.05, 4.69) is 37.8 Å². The molecule has 3 N–H and O–H groups in total. The monoisotopic (exact) mass is 271 g/mol. The van der Waals surface area contributed by atoms with Crippen molar-refractivity contribution in [3.63, 3.8) is 0 Å². The third-order valence-electron chi connectivity index (χ3n) is 4.01. The number of morpholine rings is 1. The number of hydrogen-bond acceptors (Lipinski definition) is 5. The van der Waals surface area contributed by atoms with Crippen LogP contribution in [0.3, 0.4) is 0 Å². The molecule has 6 heteroatoms. The number of nitrogens with zero attached hydrogens (tertiary/aromatic N) is 2. The van der Waals surface area contributed by atoms with Crippen LogP contribution in [0.25, 0.3) is 0 Å². The predicted molar refractivity (Wildman–Crippen MR) is 72.4 cm³/mol. The van der Waals surface area contributed by atoms with Crippen molar-refractivity contribution in [3.8, 4) is 0 Å². The number of rotatable bonds is 2. The molecule has 0 aromatic heterocycles. The van der Waals surface area contributed by atoms with Gasteiger partial charge < -0.3 is 20.4 Å². The van der Waals surface area contributed by atoms with Crippen LogP contribution in [0.2, 0.25) is 0 Å². The molecule has 2 aliphatic heterocycles. The molecule has 0 spiro atoms. The van der Waals surface area contributed by atoms with Crippen LogP contribution in [0.5, 0.6) is 0 Å². The maximum Gasteiger partial charge on any atom is 0.169 e. The highest BCUT2D eigenvalue weighted by atomic mass is 16.5. The topological polar surface area (TPSA) is 80.3 Å². The largest absolute Gasteiger partial charge is 0.409 e. The zero-order chi connectivity index (χ0) is 14.3. The highest BCUT2D eigenvalue weighted by Crippen LogP contribution is 2.40. The van der Waals surface area contributed by atoms with Crippen LogP contribution in [-0.4, -0.2) is 59.0 Å². The van der Waals surface area contributed by atoms with Gasteiger partial charge >= 0.3 is 0 Å². The fourth-order valence-electron chi connectivity index (χ4n) is 3.30. The first-order valence-electron chi connectivity index (χ1n) is 6.78. The van der Waals surface area contributed by atoms with Gasteiger partial charge in [-0.1, -0.05) is 5.16 Å². The second-order valence-corrected chi connectivity index (χ2v) is 6.56. The normalized spacial score (nSPS) is 35.5. The van der Waals surface area contributed by atoms with E-state index in [0.717, 1.165) is 13.0 Å². The second-order valence-electron chi connectivity index (χ2n) is 6.56. The molecule has 0 radical (unpaired) electrons. The van der Waals surface area contributed by atoms with Crippen molar-refractivity contribution < 1.29 is 14.7 Å². The average molecular weight is 271 g/mol. The van der Waals surface area contributed by atoms with E-state index in [9.17, 15) is 0 Å². The van der Waals surface area contributed by atoms with Gasteiger partial charge in [0.25, 0.3) is 0 Å². The first kappa shape index (κ1) is 14.6. The number of oxime groups is 1. The van der Waals surface area contributed by atoms with Crippen LogP contribution in [0.1, 0.15) is 34.1 Å². The zero-order valence-corrected chi connectivity index (χ0v) is 12.2. The van der Waals surface area contributed by atoms with Crippen LogP contribution in [0.4, 0.5) is 0 Å². The molecule has 0 bridgehead atoms. The summed E-state index contributed by atoms with van der Waals surface area (Å²) in [5.74, 6) is 0.140. The van der Waals surface area contributed by atoms with Gasteiger partial charge in [0.15, 0.2) is 5.84 Å². The Morgan fingerprint density at radius 3 is 2.58 bits per heavy atom. The standard InChI is InChI=1S/C13H25N3O3/c1-12(2)7-10(13(3,4)19-12)16-5-6-18-9(8-16)11(14)15-17/h9-10,17H,5-8H2,1-4H3,(H2,14,15). The minimum atomic E-state index is -0.335. The van der Waals surface area contributed by atoms with E-state index in [0.29, 0.717) is 19.2 Å². The summed E-state index contributed by atoms with van der Waals surface area (Å²) < 4.78 is 11.7. The third kappa shape index (κ3) is 3.01. The molecule has 0 aromatic carbocycles. The van der Waals surface area contributed by atoms with Gasteiger partial charge in [0.1, 0.15) is 6.10 Å². The maximum absolute atomic E-state index is 8.76. The summed E-state index contributed by atoms with van der Waals surface area (Å²) in [5.41, 5.74) is 5.34. The molecule has 0 saturated carbocycles. The Bertz CT molecular complexity index is 368. The molecule has 6 nitrogen and oxygen atoms in total. The lowest BCUT2D eigenvalue weighted by Gasteiger charge is -2.40. The molecule has 2 rings (SSSR count). The van der Waals surface area contributed by atoms with Gasteiger partial charge in [-0.05, 0) is 34.1 Å². The van der Waals surface area contributed by atoms with Gasteiger partial charge in [0.05, 0.1) is 17.8 Å². The summed E-state index contributed by atoms with van der Waals surface area (Å²) in [6, 6.07) is 0.320. The Hall–Kier alpha value is -0.850. The summed E-state index contributed by atoms with van der Waals surface area (Å²) >= 11 is 0. The van der Waals surface area contributed by atoms with Gasteiger partial charge in [0.2, 0.25) is 0 Å². The average Bonchev–Trinajstić information content (AvgIpc) is 2.56. The number of nitrogens with two attached hydrogens (primary N) is 1. The van der Waals surface area contributed by atoms with E-state index in [4.69, 9.17) is 20.4 Å². The Kier molecular flexibility index (Phi) is 3.77. The Morgan fingerprint density at radius 1 is 1.37 bits per heavy atom.